The molecule has 0 aromatic carbocycles. The fourth-order valence-electron chi connectivity index (χ4n) is 1.37. The van der Waals surface area contributed by atoms with Crippen molar-refractivity contribution in [2.75, 3.05) is 5.32 Å². The molecule has 0 aliphatic heterocycles. The van der Waals surface area contributed by atoms with Crippen LogP contribution in [0.5, 0.6) is 0 Å². The molecule has 0 aliphatic carbocycles. The summed E-state index contributed by atoms with van der Waals surface area (Å²) < 4.78 is 1.61. The number of carbonyl (C=O) groups excluding carboxylic acids is 1. The minimum Gasteiger partial charge on any atom is -0.311 e. The summed E-state index contributed by atoms with van der Waals surface area (Å²) >= 11 is 0. The largest absolute Gasteiger partial charge is 0.311 e. The van der Waals surface area contributed by atoms with Crippen molar-refractivity contribution >= 4 is 11.7 Å². The molecule has 0 atom stereocenters. The van der Waals surface area contributed by atoms with Crippen molar-refractivity contribution in [2.24, 2.45) is 0 Å². The van der Waals surface area contributed by atoms with Gasteiger partial charge in [0.05, 0.1) is 6.54 Å². The van der Waals surface area contributed by atoms with Crippen molar-refractivity contribution in [1.82, 2.24) is 19.7 Å². The van der Waals surface area contributed by atoms with Gasteiger partial charge in [0.2, 0.25) is 5.91 Å². The number of pyridine rings is 1. The first-order valence-electron chi connectivity index (χ1n) is 5.29. The summed E-state index contributed by atoms with van der Waals surface area (Å²) in [4.78, 5) is 19.5. The van der Waals surface area contributed by atoms with Gasteiger partial charge in [0, 0.05) is 12.6 Å². The number of hydrogen-bond acceptors (Lipinski definition) is 4. The Bertz CT molecular complexity index is 494. The molecule has 88 valence electrons. The molecule has 2 rings (SSSR count). The Morgan fingerprint density at radius 3 is 3.12 bits per heavy atom. The summed E-state index contributed by atoms with van der Waals surface area (Å²) in [6.07, 6.45) is 5.04. The molecule has 2 aromatic rings. The number of anilines is 1. The Morgan fingerprint density at radius 2 is 2.41 bits per heavy atom. The summed E-state index contributed by atoms with van der Waals surface area (Å²) in [6.45, 7) is 2.46. The molecule has 1 amide bonds. The molecule has 6 heteroatoms. The quantitative estimate of drug-likeness (QED) is 0.852. The third-order valence-corrected chi connectivity index (χ3v) is 2.22. The minimum atomic E-state index is -0.0846. The smallest absolute Gasteiger partial charge is 0.227 e. The van der Waals surface area contributed by atoms with E-state index in [0.29, 0.717) is 18.8 Å². The van der Waals surface area contributed by atoms with Crippen LogP contribution in [0.25, 0.3) is 0 Å². The van der Waals surface area contributed by atoms with Gasteiger partial charge in [-0.1, -0.05) is 0 Å². The molecule has 0 spiro atoms. The van der Waals surface area contributed by atoms with E-state index in [2.05, 4.69) is 20.4 Å². The second-order valence-corrected chi connectivity index (χ2v) is 3.68. The lowest BCUT2D eigenvalue weighted by atomic mass is 10.3. The Balaban J connectivity index is 1.85. The molecule has 0 unspecified atom stereocenters. The minimum absolute atomic E-state index is 0.0846. The Morgan fingerprint density at radius 1 is 1.53 bits per heavy atom. The van der Waals surface area contributed by atoms with Crippen LogP contribution in [0.2, 0.25) is 0 Å². The zero-order valence-corrected chi connectivity index (χ0v) is 9.50. The maximum absolute atomic E-state index is 11.6. The van der Waals surface area contributed by atoms with Gasteiger partial charge < -0.3 is 5.32 Å². The Kier molecular flexibility index (Phi) is 3.44. The third-order valence-electron chi connectivity index (χ3n) is 2.22. The number of aromatic nitrogens is 4. The Labute approximate surface area is 98.7 Å². The van der Waals surface area contributed by atoms with E-state index in [0.717, 1.165) is 5.56 Å². The number of aryl methyl sites for hydroxylation is 2. The zero-order valence-electron chi connectivity index (χ0n) is 9.50. The molecule has 2 aromatic heterocycles. The van der Waals surface area contributed by atoms with E-state index >= 15 is 0 Å². The van der Waals surface area contributed by atoms with E-state index in [4.69, 9.17) is 0 Å². The van der Waals surface area contributed by atoms with Gasteiger partial charge in [-0.05, 0) is 24.6 Å². The lowest BCUT2D eigenvalue weighted by Gasteiger charge is -2.04. The summed E-state index contributed by atoms with van der Waals surface area (Å²) in [5.41, 5.74) is 1.06. The van der Waals surface area contributed by atoms with Crippen molar-refractivity contribution < 1.29 is 4.79 Å². The summed E-state index contributed by atoms with van der Waals surface area (Å²) in [7, 11) is 0. The highest BCUT2D eigenvalue weighted by atomic mass is 16.1. The monoisotopic (exact) mass is 231 g/mol. The molecular weight excluding hydrogens is 218 g/mol. The molecule has 0 aliphatic rings. The second kappa shape index (κ2) is 5.20. The van der Waals surface area contributed by atoms with Gasteiger partial charge in [0.15, 0.2) is 0 Å². The van der Waals surface area contributed by atoms with Crippen LogP contribution in [0.15, 0.2) is 31.0 Å². The topological polar surface area (TPSA) is 72.7 Å². The van der Waals surface area contributed by atoms with E-state index in [1.165, 1.54) is 6.33 Å². The molecule has 6 nitrogen and oxygen atoms in total. The van der Waals surface area contributed by atoms with E-state index in [1.54, 1.807) is 17.2 Å². The van der Waals surface area contributed by atoms with Gasteiger partial charge in [0.1, 0.15) is 18.5 Å². The molecule has 0 radical (unpaired) electrons. The van der Waals surface area contributed by atoms with Crippen LogP contribution in [0, 0.1) is 6.92 Å². The maximum Gasteiger partial charge on any atom is 0.227 e. The van der Waals surface area contributed by atoms with Crippen LogP contribution in [0.1, 0.15) is 12.0 Å². The highest BCUT2D eigenvalue weighted by Crippen LogP contribution is 2.05. The van der Waals surface area contributed by atoms with Crippen molar-refractivity contribution in [3.05, 3.63) is 36.5 Å². The fraction of sp³-hybridized carbons (Fsp3) is 0.273. The van der Waals surface area contributed by atoms with Crippen LogP contribution < -0.4 is 5.32 Å². The summed E-state index contributed by atoms with van der Waals surface area (Å²) in [6, 6.07) is 3.71. The van der Waals surface area contributed by atoms with E-state index in [9.17, 15) is 4.79 Å². The number of hydrogen-bond donors (Lipinski definition) is 1. The highest BCUT2D eigenvalue weighted by molar-refractivity contribution is 5.89. The first-order valence-corrected chi connectivity index (χ1v) is 5.29. The predicted octanol–water partition coefficient (Wildman–Crippen LogP) is 1.01. The first-order chi connectivity index (χ1) is 8.24. The van der Waals surface area contributed by atoms with Crippen LogP contribution in [0.4, 0.5) is 5.82 Å². The summed E-state index contributed by atoms with van der Waals surface area (Å²) in [5, 5.41) is 6.65. The number of nitrogens with zero attached hydrogens (tertiary/aromatic N) is 4. The predicted molar refractivity (Wildman–Crippen MR) is 62.2 cm³/mol. The Hall–Kier alpha value is -2.24. The second-order valence-electron chi connectivity index (χ2n) is 3.68. The molecule has 17 heavy (non-hydrogen) atoms. The van der Waals surface area contributed by atoms with Crippen molar-refractivity contribution in [1.29, 1.82) is 0 Å². The number of rotatable bonds is 4. The van der Waals surface area contributed by atoms with E-state index in [-0.39, 0.29) is 5.91 Å². The summed E-state index contributed by atoms with van der Waals surface area (Å²) in [5.74, 6) is 0.493. The van der Waals surface area contributed by atoms with Gasteiger partial charge in [-0.3, -0.25) is 9.48 Å². The molecule has 0 saturated heterocycles. The molecule has 0 fully saturated rings. The molecule has 0 saturated carbocycles. The number of amides is 1. The fourth-order valence-corrected chi connectivity index (χ4v) is 1.37. The first kappa shape index (κ1) is 11.3. The molecular formula is C11H13N5O. The third kappa shape index (κ3) is 3.37. The average molecular weight is 231 g/mol. The van der Waals surface area contributed by atoms with Gasteiger partial charge in [0.25, 0.3) is 0 Å². The normalized spacial score (nSPS) is 10.2. The lowest BCUT2D eigenvalue weighted by Crippen LogP contribution is -2.15. The number of carbonyl (C=O) groups is 1. The van der Waals surface area contributed by atoms with Gasteiger partial charge in [-0.25, -0.2) is 9.97 Å². The molecule has 1 N–H and O–H groups in total. The molecule has 0 bridgehead atoms. The van der Waals surface area contributed by atoms with Crippen LogP contribution in [-0.2, 0) is 11.3 Å². The van der Waals surface area contributed by atoms with Crippen LogP contribution in [0.3, 0.4) is 0 Å². The SMILES string of the molecule is Cc1ccnc(NC(=O)CCn2cncn2)c1. The standard InChI is InChI=1S/C11H13N5O/c1-9-2-4-13-10(6-9)15-11(17)3-5-16-8-12-7-14-16/h2,4,6-8H,3,5H2,1H3,(H,13,15,17). The van der Waals surface area contributed by atoms with E-state index < -0.39 is 0 Å². The van der Waals surface area contributed by atoms with Gasteiger partial charge >= 0.3 is 0 Å². The van der Waals surface area contributed by atoms with Crippen LogP contribution >= 0.6 is 0 Å². The van der Waals surface area contributed by atoms with Crippen molar-refractivity contribution in [3.63, 3.8) is 0 Å². The number of nitrogens with one attached hydrogen (secondary N) is 1. The highest BCUT2D eigenvalue weighted by Gasteiger charge is 2.03. The van der Waals surface area contributed by atoms with Crippen molar-refractivity contribution in [3.8, 4) is 0 Å². The van der Waals surface area contributed by atoms with Gasteiger partial charge in [-0.2, -0.15) is 5.10 Å². The molecule has 2 heterocycles. The van der Waals surface area contributed by atoms with Crippen LogP contribution in [-0.4, -0.2) is 25.7 Å². The zero-order chi connectivity index (χ0) is 12.1. The van der Waals surface area contributed by atoms with E-state index in [1.807, 2.05) is 19.1 Å². The average Bonchev–Trinajstić information content (AvgIpc) is 2.79. The lowest BCUT2D eigenvalue weighted by molar-refractivity contribution is -0.116. The maximum atomic E-state index is 11.6. The van der Waals surface area contributed by atoms with Gasteiger partial charge in [-0.15, -0.1) is 0 Å². The van der Waals surface area contributed by atoms with Crippen molar-refractivity contribution in [2.45, 2.75) is 19.9 Å².